The maximum Gasteiger partial charge on any atom is 0.230 e. The molecule has 0 saturated heterocycles. The number of nitrogens with zero attached hydrogens (tertiary/aromatic N) is 3. The summed E-state index contributed by atoms with van der Waals surface area (Å²) >= 11 is 3.00. The summed E-state index contributed by atoms with van der Waals surface area (Å²) in [5, 5.41) is 14.1. The minimum atomic E-state index is -0.0232. The third kappa shape index (κ3) is 3.54. The van der Waals surface area contributed by atoms with E-state index in [1.807, 2.05) is 49.0 Å². The number of aromatic nitrogens is 3. The number of nitrogens with one attached hydrogen (secondary N) is 1. The average Bonchev–Trinajstić information content (AvgIpc) is 3.27. The van der Waals surface area contributed by atoms with Crippen LogP contribution in [-0.2, 0) is 11.8 Å². The van der Waals surface area contributed by atoms with Crippen LogP contribution in [0.2, 0.25) is 0 Å². The molecule has 0 aromatic carbocycles. The van der Waals surface area contributed by atoms with Crippen molar-refractivity contribution in [3.05, 3.63) is 40.5 Å². The Labute approximate surface area is 148 Å². The first-order chi connectivity index (χ1) is 11.6. The van der Waals surface area contributed by atoms with Crippen LogP contribution in [0.25, 0.3) is 11.4 Å². The van der Waals surface area contributed by atoms with Crippen LogP contribution in [0, 0.1) is 6.92 Å². The lowest BCUT2D eigenvalue weighted by Gasteiger charge is -2.11. The molecule has 0 aliphatic heterocycles. The highest BCUT2D eigenvalue weighted by molar-refractivity contribution is 7.99. The van der Waals surface area contributed by atoms with Gasteiger partial charge in [-0.3, -0.25) is 4.79 Å². The highest BCUT2D eigenvalue weighted by Crippen LogP contribution is 2.26. The van der Waals surface area contributed by atoms with Crippen LogP contribution in [-0.4, -0.2) is 26.4 Å². The van der Waals surface area contributed by atoms with Gasteiger partial charge in [0.1, 0.15) is 5.76 Å². The van der Waals surface area contributed by atoms with E-state index in [4.69, 9.17) is 4.42 Å². The van der Waals surface area contributed by atoms with E-state index in [9.17, 15) is 4.79 Å². The molecule has 0 fully saturated rings. The van der Waals surface area contributed by atoms with Gasteiger partial charge in [0.2, 0.25) is 5.91 Å². The van der Waals surface area contributed by atoms with Crippen LogP contribution < -0.4 is 5.32 Å². The Morgan fingerprint density at radius 3 is 2.96 bits per heavy atom. The molecule has 1 N–H and O–H groups in total. The van der Waals surface area contributed by atoms with E-state index in [0.717, 1.165) is 22.0 Å². The molecule has 3 aromatic heterocycles. The van der Waals surface area contributed by atoms with Crippen molar-refractivity contribution in [2.24, 2.45) is 7.05 Å². The van der Waals surface area contributed by atoms with Crippen molar-refractivity contribution >= 4 is 29.0 Å². The summed E-state index contributed by atoms with van der Waals surface area (Å²) in [6.45, 7) is 3.87. The largest absolute Gasteiger partial charge is 0.469 e. The van der Waals surface area contributed by atoms with Gasteiger partial charge in [-0.25, -0.2) is 0 Å². The van der Waals surface area contributed by atoms with E-state index in [0.29, 0.717) is 10.9 Å². The van der Waals surface area contributed by atoms with Gasteiger partial charge in [-0.05, 0) is 31.4 Å². The van der Waals surface area contributed by atoms with Crippen molar-refractivity contribution in [3.8, 4) is 11.4 Å². The monoisotopic (exact) mass is 362 g/mol. The summed E-state index contributed by atoms with van der Waals surface area (Å²) < 4.78 is 7.18. The predicted molar refractivity (Wildman–Crippen MR) is 95.0 cm³/mol. The number of hydrogen-bond donors (Lipinski definition) is 1. The maximum atomic E-state index is 12.1. The van der Waals surface area contributed by atoms with Gasteiger partial charge in [0.15, 0.2) is 11.0 Å². The number of thioether (sulfide) groups is 1. The predicted octanol–water partition coefficient (Wildman–Crippen LogP) is 3.41. The lowest BCUT2D eigenvalue weighted by Crippen LogP contribution is -2.27. The lowest BCUT2D eigenvalue weighted by atomic mass is 10.2. The fourth-order valence-electron chi connectivity index (χ4n) is 2.31. The summed E-state index contributed by atoms with van der Waals surface area (Å²) in [6.07, 6.45) is 1.63. The number of aryl methyl sites for hydroxylation is 1. The Bertz CT molecular complexity index is 823. The van der Waals surface area contributed by atoms with Crippen LogP contribution in [0.3, 0.4) is 0 Å². The van der Waals surface area contributed by atoms with Gasteiger partial charge in [0.25, 0.3) is 0 Å². The number of thiophene rings is 1. The molecule has 0 radical (unpaired) electrons. The number of amides is 1. The maximum absolute atomic E-state index is 12.1. The molecule has 0 aliphatic carbocycles. The second-order valence-electron chi connectivity index (χ2n) is 5.35. The Kier molecular flexibility index (Phi) is 5.06. The molecule has 6 nitrogen and oxygen atoms in total. The summed E-state index contributed by atoms with van der Waals surface area (Å²) in [7, 11) is 1.89. The fraction of sp³-hybridized carbons (Fsp3) is 0.312. The van der Waals surface area contributed by atoms with E-state index < -0.39 is 0 Å². The van der Waals surface area contributed by atoms with Gasteiger partial charge in [-0.15, -0.1) is 21.5 Å². The smallest absolute Gasteiger partial charge is 0.230 e. The zero-order valence-electron chi connectivity index (χ0n) is 13.6. The molecule has 3 aromatic rings. The van der Waals surface area contributed by atoms with Crippen molar-refractivity contribution in [1.29, 1.82) is 0 Å². The van der Waals surface area contributed by atoms with Gasteiger partial charge in [0, 0.05) is 11.9 Å². The quantitative estimate of drug-likeness (QED) is 0.680. The van der Waals surface area contributed by atoms with Crippen LogP contribution in [0.15, 0.2) is 39.4 Å². The van der Waals surface area contributed by atoms with E-state index in [-0.39, 0.29) is 11.9 Å². The lowest BCUT2D eigenvalue weighted by molar-refractivity contribution is -0.119. The first kappa shape index (κ1) is 16.8. The molecule has 1 atom stereocenters. The standard InChI is InChI=1S/C16H18N4O2S2/c1-10(13-5-4-8-23-13)17-14(21)9-24-16-19-18-15(20(16)3)12-6-7-22-11(12)2/h4-8,10H,9H2,1-3H3,(H,17,21)/t10-/m0/s1. The number of carbonyl (C=O) groups is 1. The van der Waals surface area contributed by atoms with Crippen LogP contribution in [0.4, 0.5) is 0 Å². The first-order valence-corrected chi connectivity index (χ1v) is 9.32. The molecule has 0 unspecified atom stereocenters. The number of carbonyl (C=O) groups excluding carboxylic acids is 1. The molecule has 24 heavy (non-hydrogen) atoms. The molecular weight excluding hydrogens is 344 g/mol. The second-order valence-corrected chi connectivity index (χ2v) is 7.27. The third-order valence-corrected chi connectivity index (χ3v) is 5.69. The van der Waals surface area contributed by atoms with Crippen molar-refractivity contribution in [2.75, 3.05) is 5.75 Å². The van der Waals surface area contributed by atoms with E-state index in [1.54, 1.807) is 17.6 Å². The highest BCUT2D eigenvalue weighted by Gasteiger charge is 2.16. The number of furan rings is 1. The van der Waals surface area contributed by atoms with Gasteiger partial charge >= 0.3 is 0 Å². The van der Waals surface area contributed by atoms with E-state index >= 15 is 0 Å². The van der Waals surface area contributed by atoms with Crippen molar-refractivity contribution < 1.29 is 9.21 Å². The van der Waals surface area contributed by atoms with Gasteiger partial charge in [-0.2, -0.15) is 0 Å². The molecule has 0 saturated carbocycles. The van der Waals surface area contributed by atoms with Crippen LogP contribution in [0.1, 0.15) is 23.6 Å². The van der Waals surface area contributed by atoms with Crippen LogP contribution in [0.5, 0.6) is 0 Å². The zero-order chi connectivity index (χ0) is 17.1. The highest BCUT2D eigenvalue weighted by atomic mass is 32.2. The third-order valence-electron chi connectivity index (χ3n) is 3.61. The van der Waals surface area contributed by atoms with E-state index in [1.165, 1.54) is 11.8 Å². The molecule has 0 aliphatic rings. The van der Waals surface area contributed by atoms with E-state index in [2.05, 4.69) is 15.5 Å². The summed E-state index contributed by atoms with van der Waals surface area (Å²) in [4.78, 5) is 13.3. The zero-order valence-corrected chi connectivity index (χ0v) is 15.3. The molecule has 3 rings (SSSR count). The molecule has 0 spiro atoms. The molecular formula is C16H18N4O2S2. The second kappa shape index (κ2) is 7.23. The minimum Gasteiger partial charge on any atom is -0.469 e. The van der Waals surface area contributed by atoms with Crippen LogP contribution >= 0.6 is 23.1 Å². The minimum absolute atomic E-state index is 0.0155. The Balaban J connectivity index is 1.60. The number of hydrogen-bond acceptors (Lipinski definition) is 6. The van der Waals surface area contributed by atoms with Gasteiger partial charge < -0.3 is 14.3 Å². The average molecular weight is 362 g/mol. The summed E-state index contributed by atoms with van der Waals surface area (Å²) in [5.74, 6) is 1.80. The number of rotatable bonds is 6. The molecule has 8 heteroatoms. The first-order valence-electron chi connectivity index (χ1n) is 7.45. The SMILES string of the molecule is Cc1occc1-c1nnc(SCC(=O)N[C@@H](C)c2cccs2)n1C. The van der Waals surface area contributed by atoms with Crippen molar-refractivity contribution in [2.45, 2.75) is 25.0 Å². The Morgan fingerprint density at radius 2 is 2.29 bits per heavy atom. The fourth-order valence-corrected chi connectivity index (χ4v) is 3.77. The molecule has 126 valence electrons. The molecule has 0 bridgehead atoms. The molecule has 3 heterocycles. The normalized spacial score (nSPS) is 12.3. The molecule has 1 amide bonds. The topological polar surface area (TPSA) is 72.9 Å². The Morgan fingerprint density at radius 1 is 1.46 bits per heavy atom. The van der Waals surface area contributed by atoms with Gasteiger partial charge in [0.05, 0.1) is 23.6 Å². The Hall–Kier alpha value is -2.06. The summed E-state index contributed by atoms with van der Waals surface area (Å²) in [5.41, 5.74) is 0.910. The summed E-state index contributed by atoms with van der Waals surface area (Å²) in [6, 6.07) is 5.88. The van der Waals surface area contributed by atoms with Gasteiger partial charge in [-0.1, -0.05) is 17.8 Å². The van der Waals surface area contributed by atoms with Crippen molar-refractivity contribution in [1.82, 2.24) is 20.1 Å². The van der Waals surface area contributed by atoms with Crippen molar-refractivity contribution in [3.63, 3.8) is 0 Å².